The fourth-order valence-electron chi connectivity index (χ4n) is 1.79. The van der Waals surface area contributed by atoms with Crippen LogP contribution in [0.25, 0.3) is 10.6 Å². The van der Waals surface area contributed by atoms with Gasteiger partial charge in [0.05, 0.1) is 10.6 Å². The van der Waals surface area contributed by atoms with Crippen LogP contribution in [0.1, 0.15) is 0 Å². The molecule has 0 unspecified atom stereocenters. The number of aromatic nitrogens is 2. The Balaban J connectivity index is 1.88. The molecule has 0 saturated heterocycles. The average molecular weight is 384 g/mol. The van der Waals surface area contributed by atoms with Gasteiger partial charge in [-0.05, 0) is 39.5 Å². The van der Waals surface area contributed by atoms with E-state index >= 15 is 0 Å². The number of anilines is 1. The van der Waals surface area contributed by atoms with Gasteiger partial charge < -0.3 is 0 Å². The van der Waals surface area contributed by atoms with Crippen LogP contribution in [0.3, 0.4) is 0 Å². The molecule has 0 aliphatic rings. The zero-order chi connectivity index (χ0) is 14.9. The monoisotopic (exact) mass is 383 g/mol. The number of H-pyrrole nitrogens is 1. The van der Waals surface area contributed by atoms with Crippen LogP contribution in [0.2, 0.25) is 0 Å². The van der Waals surface area contributed by atoms with Gasteiger partial charge in [0.1, 0.15) is 4.90 Å². The minimum atomic E-state index is -3.68. The van der Waals surface area contributed by atoms with E-state index < -0.39 is 10.0 Å². The molecule has 1 aromatic carbocycles. The van der Waals surface area contributed by atoms with Crippen molar-refractivity contribution < 1.29 is 8.42 Å². The van der Waals surface area contributed by atoms with Crippen LogP contribution in [0.15, 0.2) is 57.2 Å². The Bertz CT molecular complexity index is 857. The number of hydrogen-bond donors (Lipinski definition) is 2. The predicted octanol–water partition coefficient (Wildman–Crippen LogP) is 3.70. The molecule has 8 heteroatoms. The summed E-state index contributed by atoms with van der Waals surface area (Å²) in [4.78, 5) is 1.17. The SMILES string of the molecule is O=S(=O)(Nc1cc(-c2cccs2)[nH]n1)c1ccccc1Br. The number of rotatable bonds is 4. The lowest BCUT2D eigenvalue weighted by atomic mass is 10.3. The molecule has 21 heavy (non-hydrogen) atoms. The molecule has 0 aliphatic heterocycles. The molecule has 0 fully saturated rings. The first-order chi connectivity index (χ1) is 10.1. The number of sulfonamides is 1. The Kier molecular flexibility index (Phi) is 3.83. The topological polar surface area (TPSA) is 74.8 Å². The molecule has 3 aromatic rings. The Morgan fingerprint density at radius 3 is 2.71 bits per heavy atom. The minimum Gasteiger partial charge on any atom is -0.275 e. The van der Waals surface area contributed by atoms with Crippen LogP contribution in [0, 0.1) is 0 Å². The number of hydrogen-bond acceptors (Lipinski definition) is 4. The van der Waals surface area contributed by atoms with E-state index in [4.69, 9.17) is 0 Å². The molecule has 0 aliphatic carbocycles. The van der Waals surface area contributed by atoms with Crippen molar-refractivity contribution in [3.63, 3.8) is 0 Å². The van der Waals surface area contributed by atoms with E-state index in [9.17, 15) is 8.42 Å². The van der Waals surface area contributed by atoms with Crippen molar-refractivity contribution in [1.29, 1.82) is 0 Å². The normalized spacial score (nSPS) is 11.5. The van der Waals surface area contributed by atoms with Crippen molar-refractivity contribution in [1.82, 2.24) is 10.2 Å². The maximum Gasteiger partial charge on any atom is 0.264 e. The van der Waals surface area contributed by atoms with E-state index in [1.54, 1.807) is 35.6 Å². The Morgan fingerprint density at radius 2 is 2.00 bits per heavy atom. The molecule has 108 valence electrons. The third-order valence-corrected chi connectivity index (χ3v) is 6.00. The second-order valence-electron chi connectivity index (χ2n) is 4.18. The van der Waals surface area contributed by atoms with Gasteiger partial charge in [-0.1, -0.05) is 18.2 Å². The lowest BCUT2D eigenvalue weighted by Crippen LogP contribution is -2.13. The van der Waals surface area contributed by atoms with Crippen LogP contribution in [0.4, 0.5) is 5.82 Å². The first-order valence-electron chi connectivity index (χ1n) is 5.93. The van der Waals surface area contributed by atoms with Crippen molar-refractivity contribution in [3.05, 3.63) is 52.3 Å². The van der Waals surface area contributed by atoms with Gasteiger partial charge in [-0.25, -0.2) is 8.42 Å². The molecular weight excluding hydrogens is 374 g/mol. The first-order valence-corrected chi connectivity index (χ1v) is 9.08. The van der Waals surface area contributed by atoms with Gasteiger partial charge in [0.15, 0.2) is 5.82 Å². The van der Waals surface area contributed by atoms with Crippen LogP contribution in [0.5, 0.6) is 0 Å². The molecule has 2 aromatic heterocycles. The number of halogens is 1. The lowest BCUT2D eigenvalue weighted by molar-refractivity contribution is 0.600. The van der Waals surface area contributed by atoms with E-state index in [2.05, 4.69) is 30.8 Å². The highest BCUT2D eigenvalue weighted by molar-refractivity contribution is 9.10. The predicted molar refractivity (Wildman–Crippen MR) is 86.9 cm³/mol. The molecular formula is C13H10BrN3O2S2. The number of nitrogens with zero attached hydrogens (tertiary/aromatic N) is 1. The van der Waals surface area contributed by atoms with Gasteiger partial charge in [0, 0.05) is 10.5 Å². The molecule has 0 bridgehead atoms. The summed E-state index contributed by atoms with van der Waals surface area (Å²) in [5.74, 6) is 0.258. The largest absolute Gasteiger partial charge is 0.275 e. The van der Waals surface area contributed by atoms with Crippen molar-refractivity contribution in [2.75, 3.05) is 4.72 Å². The lowest BCUT2D eigenvalue weighted by Gasteiger charge is -2.06. The second kappa shape index (κ2) is 5.63. The summed E-state index contributed by atoms with van der Waals surface area (Å²) in [5.41, 5.74) is 0.773. The summed E-state index contributed by atoms with van der Waals surface area (Å²) in [5, 5.41) is 8.75. The minimum absolute atomic E-state index is 0.172. The smallest absolute Gasteiger partial charge is 0.264 e. The van der Waals surface area contributed by atoms with Crippen LogP contribution >= 0.6 is 27.3 Å². The quantitative estimate of drug-likeness (QED) is 0.720. The third-order valence-electron chi connectivity index (χ3n) is 2.73. The molecule has 2 N–H and O–H groups in total. The number of benzene rings is 1. The molecule has 2 heterocycles. The van der Waals surface area contributed by atoms with Crippen molar-refractivity contribution in [3.8, 4) is 10.6 Å². The highest BCUT2D eigenvalue weighted by Gasteiger charge is 2.18. The fourth-order valence-corrected chi connectivity index (χ4v) is 4.48. The third kappa shape index (κ3) is 3.02. The molecule has 0 atom stereocenters. The first kappa shape index (κ1) is 14.3. The van der Waals surface area contributed by atoms with Crippen LogP contribution < -0.4 is 4.72 Å². The summed E-state index contributed by atoms with van der Waals surface area (Å²) in [6.45, 7) is 0. The number of nitrogens with one attached hydrogen (secondary N) is 2. The van der Waals surface area contributed by atoms with Crippen LogP contribution in [-0.4, -0.2) is 18.6 Å². The average Bonchev–Trinajstić information content (AvgIpc) is 3.09. The molecule has 5 nitrogen and oxygen atoms in total. The van der Waals surface area contributed by atoms with Gasteiger partial charge in [-0.3, -0.25) is 9.82 Å². The zero-order valence-electron chi connectivity index (χ0n) is 10.6. The van der Waals surface area contributed by atoms with Gasteiger partial charge in [0.2, 0.25) is 0 Å². The van der Waals surface area contributed by atoms with E-state index in [0.29, 0.717) is 4.47 Å². The highest BCUT2D eigenvalue weighted by atomic mass is 79.9. The van der Waals surface area contributed by atoms with Gasteiger partial charge in [0.25, 0.3) is 10.0 Å². The molecule has 0 saturated carbocycles. The molecule has 0 spiro atoms. The Hall–Kier alpha value is -1.64. The van der Waals surface area contributed by atoms with E-state index in [1.807, 2.05) is 17.5 Å². The number of aromatic amines is 1. The zero-order valence-corrected chi connectivity index (χ0v) is 13.8. The Labute approximate surface area is 134 Å². The van der Waals surface area contributed by atoms with Crippen molar-refractivity contribution >= 4 is 43.1 Å². The standard InChI is InChI=1S/C13H10BrN3O2S2/c14-9-4-1-2-6-12(9)21(18,19)17-13-8-10(15-16-13)11-5-3-7-20-11/h1-8H,(H2,15,16,17). The van der Waals surface area contributed by atoms with Gasteiger partial charge in [-0.15, -0.1) is 11.3 Å². The van der Waals surface area contributed by atoms with Crippen LogP contribution in [-0.2, 0) is 10.0 Å². The summed E-state index contributed by atoms with van der Waals surface area (Å²) >= 11 is 4.79. The number of thiophene rings is 1. The summed E-state index contributed by atoms with van der Waals surface area (Å²) < 4.78 is 27.6. The van der Waals surface area contributed by atoms with Crippen molar-refractivity contribution in [2.45, 2.75) is 4.90 Å². The van der Waals surface area contributed by atoms with Crippen molar-refractivity contribution in [2.24, 2.45) is 0 Å². The fraction of sp³-hybridized carbons (Fsp3) is 0. The molecule has 3 rings (SSSR count). The molecule has 0 radical (unpaired) electrons. The second-order valence-corrected chi connectivity index (χ2v) is 7.63. The summed E-state index contributed by atoms with van der Waals surface area (Å²) in [6, 6.07) is 12.2. The van der Waals surface area contributed by atoms with E-state index in [0.717, 1.165) is 10.6 Å². The van der Waals surface area contributed by atoms with E-state index in [1.165, 1.54) is 6.07 Å². The Morgan fingerprint density at radius 1 is 1.19 bits per heavy atom. The summed E-state index contributed by atoms with van der Waals surface area (Å²) in [7, 11) is -3.68. The maximum absolute atomic E-state index is 12.3. The van der Waals surface area contributed by atoms with Gasteiger partial charge >= 0.3 is 0 Å². The van der Waals surface area contributed by atoms with Gasteiger partial charge in [-0.2, -0.15) is 5.10 Å². The summed E-state index contributed by atoms with van der Waals surface area (Å²) in [6.07, 6.45) is 0. The molecule has 0 amide bonds. The maximum atomic E-state index is 12.3. The van der Waals surface area contributed by atoms with E-state index in [-0.39, 0.29) is 10.7 Å². The highest BCUT2D eigenvalue weighted by Crippen LogP contribution is 2.27.